The van der Waals surface area contributed by atoms with E-state index in [1.54, 1.807) is 4.90 Å². The number of rotatable bonds is 5. The first-order valence-corrected chi connectivity index (χ1v) is 8.80. The molecule has 6 heteroatoms. The number of nitrogens with one attached hydrogen (secondary N) is 2. The minimum atomic E-state index is -0.143. The average molecular weight is 345 g/mol. The average Bonchev–Trinajstić information content (AvgIpc) is 2.59. The summed E-state index contributed by atoms with van der Waals surface area (Å²) in [6.07, 6.45) is 1.68. The molecule has 0 bridgehead atoms. The van der Waals surface area contributed by atoms with Crippen molar-refractivity contribution in [3.63, 3.8) is 0 Å². The summed E-state index contributed by atoms with van der Waals surface area (Å²) in [7, 11) is 0. The Morgan fingerprint density at radius 1 is 1.20 bits per heavy atom. The molecule has 0 radical (unpaired) electrons. The molecule has 0 aromatic heterocycles. The van der Waals surface area contributed by atoms with Gasteiger partial charge < -0.3 is 15.5 Å². The van der Waals surface area contributed by atoms with E-state index in [1.165, 1.54) is 6.92 Å². The van der Waals surface area contributed by atoms with Gasteiger partial charge in [0.05, 0.1) is 5.92 Å². The molecule has 6 nitrogen and oxygen atoms in total. The summed E-state index contributed by atoms with van der Waals surface area (Å²) >= 11 is 0. The summed E-state index contributed by atoms with van der Waals surface area (Å²) in [4.78, 5) is 37.3. The molecule has 1 aliphatic heterocycles. The van der Waals surface area contributed by atoms with Crippen LogP contribution in [-0.2, 0) is 20.9 Å². The standard InChI is InChI=1S/C19H27N3O3/c1-13(2)19(25)22-10-4-5-16(12-22)18(24)20-11-15-6-8-17(9-7-15)21-14(3)23/h6-9,13,16H,4-5,10-12H2,1-3H3,(H,20,24)(H,21,23). The van der Waals surface area contributed by atoms with Gasteiger partial charge in [-0.3, -0.25) is 14.4 Å². The van der Waals surface area contributed by atoms with Gasteiger partial charge in [0.1, 0.15) is 0 Å². The van der Waals surface area contributed by atoms with Crippen molar-refractivity contribution >= 4 is 23.4 Å². The van der Waals surface area contributed by atoms with Gasteiger partial charge in [0.15, 0.2) is 0 Å². The second-order valence-corrected chi connectivity index (χ2v) is 6.87. The highest BCUT2D eigenvalue weighted by molar-refractivity contribution is 5.88. The van der Waals surface area contributed by atoms with E-state index in [-0.39, 0.29) is 29.6 Å². The number of nitrogens with zero attached hydrogens (tertiary/aromatic N) is 1. The smallest absolute Gasteiger partial charge is 0.225 e. The Labute approximate surface area is 149 Å². The number of benzene rings is 1. The van der Waals surface area contributed by atoms with Gasteiger partial charge in [-0.1, -0.05) is 26.0 Å². The van der Waals surface area contributed by atoms with Gasteiger partial charge in [-0.25, -0.2) is 0 Å². The van der Waals surface area contributed by atoms with Crippen LogP contribution in [0.4, 0.5) is 5.69 Å². The van der Waals surface area contributed by atoms with Crippen molar-refractivity contribution in [1.29, 1.82) is 0 Å². The zero-order chi connectivity index (χ0) is 18.4. The van der Waals surface area contributed by atoms with E-state index in [2.05, 4.69) is 10.6 Å². The van der Waals surface area contributed by atoms with E-state index < -0.39 is 0 Å². The van der Waals surface area contributed by atoms with Crippen LogP contribution in [0.3, 0.4) is 0 Å². The number of anilines is 1. The zero-order valence-electron chi connectivity index (χ0n) is 15.2. The highest BCUT2D eigenvalue weighted by atomic mass is 16.2. The molecule has 0 spiro atoms. The van der Waals surface area contributed by atoms with Crippen molar-refractivity contribution < 1.29 is 14.4 Å². The van der Waals surface area contributed by atoms with Crippen molar-refractivity contribution in [1.82, 2.24) is 10.2 Å². The number of carbonyl (C=O) groups excluding carboxylic acids is 3. The quantitative estimate of drug-likeness (QED) is 0.858. The van der Waals surface area contributed by atoms with E-state index in [9.17, 15) is 14.4 Å². The number of carbonyl (C=O) groups is 3. The Balaban J connectivity index is 1.85. The summed E-state index contributed by atoms with van der Waals surface area (Å²) in [5, 5.41) is 5.66. The number of hydrogen-bond donors (Lipinski definition) is 2. The molecule has 1 unspecified atom stereocenters. The Kier molecular flexibility index (Phi) is 6.56. The predicted octanol–water partition coefficient (Wildman–Crippen LogP) is 2.16. The van der Waals surface area contributed by atoms with E-state index in [0.29, 0.717) is 13.1 Å². The topological polar surface area (TPSA) is 78.5 Å². The van der Waals surface area contributed by atoms with Gasteiger partial charge in [0, 0.05) is 38.2 Å². The maximum Gasteiger partial charge on any atom is 0.225 e. The van der Waals surface area contributed by atoms with Crippen LogP contribution in [-0.4, -0.2) is 35.7 Å². The highest BCUT2D eigenvalue weighted by Gasteiger charge is 2.29. The first-order valence-electron chi connectivity index (χ1n) is 8.80. The number of likely N-dealkylation sites (tertiary alicyclic amines) is 1. The lowest BCUT2D eigenvalue weighted by atomic mass is 9.96. The first kappa shape index (κ1) is 19.0. The third-order valence-electron chi connectivity index (χ3n) is 4.34. The fraction of sp³-hybridized carbons (Fsp3) is 0.526. The van der Waals surface area contributed by atoms with Crippen LogP contribution in [0.5, 0.6) is 0 Å². The van der Waals surface area contributed by atoms with Crippen molar-refractivity contribution in [3.8, 4) is 0 Å². The lowest BCUT2D eigenvalue weighted by Gasteiger charge is -2.33. The molecule has 25 heavy (non-hydrogen) atoms. The largest absolute Gasteiger partial charge is 0.352 e. The van der Waals surface area contributed by atoms with Crippen LogP contribution in [0, 0.1) is 11.8 Å². The predicted molar refractivity (Wildman–Crippen MR) is 96.7 cm³/mol. The molecule has 1 aromatic carbocycles. The molecule has 1 fully saturated rings. The van der Waals surface area contributed by atoms with Crippen LogP contribution in [0.15, 0.2) is 24.3 Å². The molecule has 1 atom stereocenters. The summed E-state index contributed by atoms with van der Waals surface area (Å²) in [5.74, 6) is -0.184. The second kappa shape index (κ2) is 8.65. The monoisotopic (exact) mass is 345 g/mol. The van der Waals surface area contributed by atoms with Crippen LogP contribution in [0.2, 0.25) is 0 Å². The molecule has 136 valence electrons. The van der Waals surface area contributed by atoms with Gasteiger partial charge in [-0.2, -0.15) is 0 Å². The zero-order valence-corrected chi connectivity index (χ0v) is 15.2. The Bertz CT molecular complexity index is 625. The fourth-order valence-electron chi connectivity index (χ4n) is 3.00. The van der Waals surface area contributed by atoms with E-state index in [0.717, 1.165) is 30.6 Å². The molecular weight excluding hydrogens is 318 g/mol. The van der Waals surface area contributed by atoms with Crippen LogP contribution in [0.1, 0.15) is 39.2 Å². The fourth-order valence-corrected chi connectivity index (χ4v) is 3.00. The molecular formula is C19H27N3O3. The van der Waals surface area contributed by atoms with Crippen LogP contribution >= 0.6 is 0 Å². The molecule has 0 aliphatic carbocycles. The summed E-state index contributed by atoms with van der Waals surface area (Å²) in [6.45, 7) is 6.92. The maximum absolute atomic E-state index is 12.4. The summed E-state index contributed by atoms with van der Waals surface area (Å²) < 4.78 is 0. The van der Waals surface area contributed by atoms with E-state index in [4.69, 9.17) is 0 Å². The highest BCUT2D eigenvalue weighted by Crippen LogP contribution is 2.19. The van der Waals surface area contributed by atoms with Gasteiger partial charge in [-0.05, 0) is 30.5 Å². The number of hydrogen-bond acceptors (Lipinski definition) is 3. The molecule has 2 N–H and O–H groups in total. The maximum atomic E-state index is 12.4. The van der Waals surface area contributed by atoms with E-state index in [1.807, 2.05) is 38.1 Å². The van der Waals surface area contributed by atoms with Gasteiger partial charge >= 0.3 is 0 Å². The molecule has 1 aromatic rings. The third-order valence-corrected chi connectivity index (χ3v) is 4.34. The Morgan fingerprint density at radius 2 is 1.88 bits per heavy atom. The number of piperidine rings is 1. The third kappa shape index (κ3) is 5.59. The van der Waals surface area contributed by atoms with Crippen LogP contribution < -0.4 is 10.6 Å². The minimum Gasteiger partial charge on any atom is -0.352 e. The lowest BCUT2D eigenvalue weighted by Crippen LogP contribution is -2.46. The van der Waals surface area contributed by atoms with Crippen molar-refractivity contribution in [3.05, 3.63) is 29.8 Å². The second-order valence-electron chi connectivity index (χ2n) is 6.87. The Hall–Kier alpha value is -2.37. The van der Waals surface area contributed by atoms with E-state index >= 15 is 0 Å². The molecule has 0 saturated carbocycles. The number of amides is 3. The van der Waals surface area contributed by atoms with Gasteiger partial charge in [0.25, 0.3) is 0 Å². The minimum absolute atomic E-state index is 0.00723. The van der Waals surface area contributed by atoms with Crippen LogP contribution in [0.25, 0.3) is 0 Å². The molecule has 1 heterocycles. The van der Waals surface area contributed by atoms with Crippen molar-refractivity contribution in [2.45, 2.75) is 40.2 Å². The lowest BCUT2D eigenvalue weighted by molar-refractivity contribution is -0.138. The first-order chi connectivity index (χ1) is 11.9. The summed E-state index contributed by atoms with van der Waals surface area (Å²) in [5.41, 5.74) is 1.70. The van der Waals surface area contributed by atoms with Gasteiger partial charge in [0.2, 0.25) is 17.7 Å². The molecule has 2 rings (SSSR count). The molecule has 1 aliphatic rings. The van der Waals surface area contributed by atoms with Gasteiger partial charge in [-0.15, -0.1) is 0 Å². The Morgan fingerprint density at radius 3 is 2.48 bits per heavy atom. The molecule has 3 amide bonds. The van der Waals surface area contributed by atoms with Crippen molar-refractivity contribution in [2.24, 2.45) is 11.8 Å². The summed E-state index contributed by atoms with van der Waals surface area (Å²) in [6, 6.07) is 7.38. The van der Waals surface area contributed by atoms with Crippen molar-refractivity contribution in [2.75, 3.05) is 18.4 Å². The SMILES string of the molecule is CC(=O)Nc1ccc(CNC(=O)C2CCCN(C(=O)C(C)C)C2)cc1. The normalized spacial score (nSPS) is 17.3. The molecule has 1 saturated heterocycles.